The van der Waals surface area contributed by atoms with Gasteiger partial charge in [-0.25, -0.2) is 0 Å². The number of nitrogens with zero attached hydrogens (tertiary/aromatic N) is 1. The number of carbonyl (C=O) groups is 1. The Hall–Kier alpha value is -1.77. The Balaban J connectivity index is 3.11. The lowest BCUT2D eigenvalue weighted by molar-refractivity contribution is -0.116. The first-order valence-electron chi connectivity index (χ1n) is 6.22. The van der Waals surface area contributed by atoms with E-state index in [9.17, 15) is 4.79 Å². The van der Waals surface area contributed by atoms with E-state index in [0.29, 0.717) is 6.42 Å². The summed E-state index contributed by atoms with van der Waals surface area (Å²) in [6.45, 7) is 10.5. The van der Waals surface area contributed by atoms with Gasteiger partial charge in [0.15, 0.2) is 0 Å². The zero-order valence-corrected chi connectivity index (χ0v) is 11.7. The third kappa shape index (κ3) is 3.36. The van der Waals surface area contributed by atoms with Gasteiger partial charge in [-0.3, -0.25) is 4.79 Å². The predicted molar refractivity (Wildman–Crippen MR) is 78.2 cm³/mol. The molecule has 0 aliphatic carbocycles. The van der Waals surface area contributed by atoms with E-state index >= 15 is 0 Å². The lowest BCUT2D eigenvalue weighted by atomic mass is 10.1. The molecule has 0 aliphatic heterocycles. The summed E-state index contributed by atoms with van der Waals surface area (Å²) in [6.07, 6.45) is 0.394. The van der Waals surface area contributed by atoms with Crippen molar-refractivity contribution >= 4 is 17.2 Å². The van der Waals surface area contributed by atoms with E-state index in [4.69, 9.17) is 0 Å². The van der Waals surface area contributed by atoms with Crippen LogP contribution in [0.3, 0.4) is 0 Å². The van der Waals surface area contributed by atoms with Gasteiger partial charge < -0.3 is 10.2 Å². The minimum absolute atomic E-state index is 0.136. The molecule has 0 fully saturated rings. The molecule has 0 saturated carbocycles. The third-order valence-electron chi connectivity index (χ3n) is 2.86. The molecule has 98 valence electrons. The lowest BCUT2D eigenvalue weighted by Gasteiger charge is -2.27. The summed E-state index contributed by atoms with van der Waals surface area (Å²) >= 11 is 0. The molecule has 1 N–H and O–H groups in total. The Morgan fingerprint density at radius 2 is 2.11 bits per heavy atom. The summed E-state index contributed by atoms with van der Waals surface area (Å²) in [6, 6.07) is 6.23. The zero-order valence-electron chi connectivity index (χ0n) is 11.7. The second kappa shape index (κ2) is 6.24. The maximum atomic E-state index is 11.2. The van der Waals surface area contributed by atoms with Crippen LogP contribution in [0.15, 0.2) is 30.5 Å². The van der Waals surface area contributed by atoms with E-state index in [0.717, 1.165) is 23.6 Å². The molecule has 0 heterocycles. The average Bonchev–Trinajstić information content (AvgIpc) is 2.29. The van der Waals surface area contributed by atoms with Crippen molar-refractivity contribution in [2.45, 2.75) is 27.2 Å². The Morgan fingerprint density at radius 3 is 2.61 bits per heavy atom. The van der Waals surface area contributed by atoms with Crippen LogP contribution in [0.4, 0.5) is 11.4 Å². The molecule has 1 aromatic rings. The van der Waals surface area contributed by atoms with E-state index in [1.54, 1.807) is 6.92 Å². The van der Waals surface area contributed by atoms with Gasteiger partial charge in [0.2, 0.25) is 0 Å². The van der Waals surface area contributed by atoms with Gasteiger partial charge in [0.1, 0.15) is 5.78 Å². The second-order valence-corrected chi connectivity index (χ2v) is 4.46. The average molecular weight is 246 g/mol. The summed E-state index contributed by atoms with van der Waals surface area (Å²) < 4.78 is 0. The quantitative estimate of drug-likeness (QED) is 0.835. The smallest absolute Gasteiger partial charge is 0.135 e. The summed E-state index contributed by atoms with van der Waals surface area (Å²) in [5.74, 6) is 0.136. The number of ketones is 1. The van der Waals surface area contributed by atoms with Gasteiger partial charge >= 0.3 is 0 Å². The first-order chi connectivity index (χ1) is 8.49. The van der Waals surface area contributed by atoms with Crippen LogP contribution in [0.2, 0.25) is 0 Å². The van der Waals surface area contributed by atoms with Gasteiger partial charge in [0.05, 0.1) is 11.4 Å². The van der Waals surface area contributed by atoms with Gasteiger partial charge in [-0.15, -0.1) is 0 Å². The van der Waals surface area contributed by atoms with Crippen molar-refractivity contribution in [1.29, 1.82) is 0 Å². The number of rotatable bonds is 6. The number of nitrogens with one attached hydrogen (secondary N) is 1. The molecule has 0 aliphatic rings. The van der Waals surface area contributed by atoms with Crippen molar-refractivity contribution in [3.05, 3.63) is 36.0 Å². The van der Waals surface area contributed by atoms with Crippen molar-refractivity contribution in [1.82, 2.24) is 0 Å². The van der Waals surface area contributed by atoms with Crippen molar-refractivity contribution in [3.63, 3.8) is 0 Å². The van der Waals surface area contributed by atoms with E-state index in [1.165, 1.54) is 5.56 Å². The fourth-order valence-corrected chi connectivity index (χ4v) is 2.02. The SMILES string of the molecule is C=C(CC(C)=O)N(CC)c1cc(C)ccc1NC. The molecule has 18 heavy (non-hydrogen) atoms. The summed E-state index contributed by atoms with van der Waals surface area (Å²) in [5, 5.41) is 3.18. The van der Waals surface area contributed by atoms with E-state index in [-0.39, 0.29) is 5.78 Å². The zero-order chi connectivity index (χ0) is 13.7. The summed E-state index contributed by atoms with van der Waals surface area (Å²) in [7, 11) is 1.90. The lowest BCUT2D eigenvalue weighted by Crippen LogP contribution is -2.23. The monoisotopic (exact) mass is 246 g/mol. The maximum Gasteiger partial charge on any atom is 0.135 e. The first-order valence-corrected chi connectivity index (χ1v) is 6.22. The molecule has 0 atom stereocenters. The van der Waals surface area contributed by atoms with E-state index in [1.807, 2.05) is 13.1 Å². The van der Waals surface area contributed by atoms with E-state index < -0.39 is 0 Å². The molecule has 0 bridgehead atoms. The highest BCUT2D eigenvalue weighted by molar-refractivity contribution is 5.80. The summed E-state index contributed by atoms with van der Waals surface area (Å²) in [5.41, 5.74) is 4.16. The van der Waals surface area contributed by atoms with Crippen molar-refractivity contribution < 1.29 is 4.79 Å². The molecule has 0 saturated heterocycles. The normalized spacial score (nSPS) is 10.0. The first kappa shape index (κ1) is 14.3. The molecular formula is C15H22N2O. The molecule has 0 radical (unpaired) electrons. The molecule has 3 nitrogen and oxygen atoms in total. The highest BCUT2D eigenvalue weighted by atomic mass is 16.1. The van der Waals surface area contributed by atoms with Crippen LogP contribution in [-0.2, 0) is 4.79 Å². The fourth-order valence-electron chi connectivity index (χ4n) is 2.02. The van der Waals surface area contributed by atoms with Crippen LogP contribution < -0.4 is 10.2 Å². The number of anilines is 2. The largest absolute Gasteiger partial charge is 0.386 e. The van der Waals surface area contributed by atoms with Crippen LogP contribution >= 0.6 is 0 Å². The Kier molecular flexibility index (Phi) is 4.95. The number of benzene rings is 1. The standard InChI is InChI=1S/C15H22N2O/c1-6-17(12(3)10-13(4)18)15-9-11(2)7-8-14(15)16-5/h7-9,16H,3,6,10H2,1-2,4-5H3. The number of aryl methyl sites for hydroxylation is 1. The van der Waals surface area contributed by atoms with Gasteiger partial charge in [-0.05, 0) is 38.5 Å². The molecule has 0 unspecified atom stereocenters. The topological polar surface area (TPSA) is 32.3 Å². The van der Waals surface area contributed by atoms with Gasteiger partial charge in [0, 0.05) is 25.7 Å². The fraction of sp³-hybridized carbons (Fsp3) is 0.400. The van der Waals surface area contributed by atoms with Crippen LogP contribution in [0.1, 0.15) is 25.8 Å². The van der Waals surface area contributed by atoms with Gasteiger partial charge in [0.25, 0.3) is 0 Å². The van der Waals surface area contributed by atoms with Crippen molar-refractivity contribution in [3.8, 4) is 0 Å². The number of allylic oxidation sites excluding steroid dienone is 1. The number of carbonyl (C=O) groups excluding carboxylic acids is 1. The van der Waals surface area contributed by atoms with Crippen molar-refractivity contribution in [2.24, 2.45) is 0 Å². The molecule has 1 aromatic carbocycles. The highest BCUT2D eigenvalue weighted by Crippen LogP contribution is 2.29. The Bertz CT molecular complexity index is 452. The molecule has 1 rings (SSSR count). The summed E-state index contributed by atoms with van der Waals surface area (Å²) in [4.78, 5) is 13.3. The van der Waals surface area contributed by atoms with Crippen LogP contribution in [0.5, 0.6) is 0 Å². The maximum absolute atomic E-state index is 11.2. The highest BCUT2D eigenvalue weighted by Gasteiger charge is 2.13. The number of hydrogen-bond acceptors (Lipinski definition) is 3. The predicted octanol–water partition coefficient (Wildman–Crippen LogP) is 3.36. The minimum atomic E-state index is 0.136. The molecule has 3 heteroatoms. The van der Waals surface area contributed by atoms with Crippen molar-refractivity contribution in [2.75, 3.05) is 23.8 Å². The number of Topliss-reactive ketones (excluding diaryl/α,β-unsaturated/α-hetero) is 1. The van der Waals surface area contributed by atoms with Crippen LogP contribution in [0, 0.1) is 6.92 Å². The minimum Gasteiger partial charge on any atom is -0.386 e. The molecule has 0 spiro atoms. The van der Waals surface area contributed by atoms with Gasteiger partial charge in [-0.2, -0.15) is 0 Å². The van der Waals surface area contributed by atoms with Crippen LogP contribution in [-0.4, -0.2) is 19.4 Å². The molecule has 0 aromatic heterocycles. The van der Waals surface area contributed by atoms with Crippen LogP contribution in [0.25, 0.3) is 0 Å². The van der Waals surface area contributed by atoms with E-state index in [2.05, 4.69) is 42.8 Å². The second-order valence-electron chi connectivity index (χ2n) is 4.46. The number of hydrogen-bond donors (Lipinski definition) is 1. The Morgan fingerprint density at radius 1 is 1.44 bits per heavy atom. The van der Waals surface area contributed by atoms with Gasteiger partial charge in [-0.1, -0.05) is 12.6 Å². The molecule has 0 amide bonds. The molecular weight excluding hydrogens is 224 g/mol. The third-order valence-corrected chi connectivity index (χ3v) is 2.86. The Labute approximate surface area is 109 Å².